The molecule has 0 saturated heterocycles. The maximum Gasteiger partial charge on any atom is 0.262 e. The Morgan fingerprint density at radius 1 is 0.733 bits per heavy atom. The molecule has 236 valence electrons. The first kappa shape index (κ1) is 29.4. The fourth-order valence-electron chi connectivity index (χ4n) is 7.15. The van der Waals surface area contributed by atoms with Gasteiger partial charge in [-0.05, 0) is 37.7 Å². The number of nitrogens with zero attached hydrogens (tertiary/aromatic N) is 6. The van der Waals surface area contributed by atoms with E-state index in [1.807, 2.05) is 33.6 Å². The molecule has 11 nitrogen and oxygen atoms in total. The lowest BCUT2D eigenvalue weighted by molar-refractivity contribution is 0.309. The Hall–Kier alpha value is -4.28. The number of para-hydroxylation sites is 1. The Morgan fingerprint density at radius 2 is 1.29 bits per heavy atom. The molecule has 45 heavy (non-hydrogen) atoms. The molecular weight excluding hydrogens is 568 g/mol. The van der Waals surface area contributed by atoms with Crippen molar-refractivity contribution < 1.29 is 4.74 Å². The van der Waals surface area contributed by atoms with E-state index in [1.165, 1.54) is 51.4 Å². The Bertz CT molecular complexity index is 1890. The Morgan fingerprint density at radius 3 is 1.87 bits per heavy atom. The second-order valence-electron chi connectivity index (χ2n) is 12.9. The van der Waals surface area contributed by atoms with E-state index in [0.717, 1.165) is 54.9 Å². The highest BCUT2D eigenvalue weighted by atomic mass is 16.5. The smallest absolute Gasteiger partial charge is 0.262 e. The minimum Gasteiger partial charge on any atom is -0.496 e. The van der Waals surface area contributed by atoms with Crippen molar-refractivity contribution in [1.82, 2.24) is 39.5 Å². The first-order chi connectivity index (χ1) is 22.1. The molecule has 4 aromatic heterocycles. The van der Waals surface area contributed by atoms with Crippen LogP contribution in [0.2, 0.25) is 0 Å². The predicted molar refractivity (Wildman–Crippen MR) is 173 cm³/mol. The third-order valence-corrected chi connectivity index (χ3v) is 9.87. The normalized spacial score (nSPS) is 17.8. The molecule has 0 unspecified atom stereocenters. The predicted octanol–water partition coefficient (Wildman–Crippen LogP) is 5.80. The van der Waals surface area contributed by atoms with Gasteiger partial charge in [0.2, 0.25) is 0 Å². The Balaban J connectivity index is 0.000000148. The molecule has 3 aliphatic carbocycles. The second-order valence-corrected chi connectivity index (χ2v) is 12.9. The summed E-state index contributed by atoms with van der Waals surface area (Å²) in [5.41, 5.74) is 2.32. The standard InChI is InChI=1S/C19H22N4O2.C15H20N4O/c1-25-16-10-6-5-7-13(16)11-17-21-18-15(19(24)22-17)12-20-23(18)14-8-3-2-4-9-14;20-15-12-9-16-19(11-6-1-2-7-11)14(12)17-13(18-15)8-10-4-3-5-10/h5-7,10,12,14H,2-4,8-9,11H2,1H3,(H,21,22,24);9-11H,1-8H2,(H,17,18,20). The number of fused-ring (bicyclic) bond motifs is 2. The van der Waals surface area contributed by atoms with Gasteiger partial charge in [0, 0.05) is 18.4 Å². The van der Waals surface area contributed by atoms with Gasteiger partial charge >= 0.3 is 0 Å². The lowest BCUT2D eigenvalue weighted by Gasteiger charge is -2.24. The number of aromatic amines is 2. The van der Waals surface area contributed by atoms with E-state index in [0.29, 0.717) is 46.7 Å². The number of hydrogen-bond donors (Lipinski definition) is 2. The summed E-state index contributed by atoms with van der Waals surface area (Å²) >= 11 is 0. The second kappa shape index (κ2) is 13.0. The van der Waals surface area contributed by atoms with E-state index in [9.17, 15) is 9.59 Å². The summed E-state index contributed by atoms with van der Waals surface area (Å²) in [5, 5.41) is 10.1. The number of aromatic nitrogens is 8. The molecule has 0 aliphatic heterocycles. The molecule has 4 heterocycles. The van der Waals surface area contributed by atoms with Crippen molar-refractivity contribution in [2.45, 2.75) is 102 Å². The van der Waals surface area contributed by atoms with Crippen LogP contribution in [-0.4, -0.2) is 46.6 Å². The molecule has 8 rings (SSSR count). The van der Waals surface area contributed by atoms with Crippen LogP contribution in [0.15, 0.2) is 46.2 Å². The zero-order valence-electron chi connectivity index (χ0n) is 26.0. The minimum absolute atomic E-state index is 0.0337. The van der Waals surface area contributed by atoms with Crippen LogP contribution in [0.1, 0.15) is 106 Å². The summed E-state index contributed by atoms with van der Waals surface area (Å²) < 4.78 is 9.34. The molecule has 1 aromatic carbocycles. The number of methoxy groups -OCH3 is 1. The van der Waals surface area contributed by atoms with Gasteiger partial charge in [0.05, 0.1) is 31.6 Å². The Labute approximate surface area is 261 Å². The van der Waals surface area contributed by atoms with Gasteiger partial charge < -0.3 is 14.7 Å². The van der Waals surface area contributed by atoms with Crippen LogP contribution >= 0.6 is 0 Å². The van der Waals surface area contributed by atoms with Gasteiger partial charge in [-0.2, -0.15) is 10.2 Å². The summed E-state index contributed by atoms with van der Waals surface area (Å²) in [7, 11) is 1.65. The summed E-state index contributed by atoms with van der Waals surface area (Å²) in [6.45, 7) is 0. The summed E-state index contributed by atoms with van der Waals surface area (Å²) in [5.74, 6) is 2.98. The summed E-state index contributed by atoms with van der Waals surface area (Å²) in [6, 6.07) is 8.57. The number of hydrogen-bond acceptors (Lipinski definition) is 7. The average Bonchev–Trinajstić information content (AvgIpc) is 3.81. The van der Waals surface area contributed by atoms with E-state index in [2.05, 4.69) is 20.2 Å². The zero-order chi connectivity index (χ0) is 30.8. The van der Waals surface area contributed by atoms with Crippen molar-refractivity contribution in [1.29, 1.82) is 0 Å². The highest BCUT2D eigenvalue weighted by molar-refractivity contribution is 5.74. The van der Waals surface area contributed by atoms with Crippen LogP contribution in [0.4, 0.5) is 0 Å². The number of benzene rings is 1. The topological polar surface area (TPSA) is 136 Å². The zero-order valence-corrected chi connectivity index (χ0v) is 26.0. The van der Waals surface area contributed by atoms with E-state index in [1.54, 1.807) is 19.5 Å². The lowest BCUT2D eigenvalue weighted by Crippen LogP contribution is -2.19. The molecule has 3 fully saturated rings. The van der Waals surface area contributed by atoms with Crippen molar-refractivity contribution in [2.75, 3.05) is 7.11 Å². The quantitative estimate of drug-likeness (QED) is 0.238. The largest absolute Gasteiger partial charge is 0.496 e. The Kier molecular flexibility index (Phi) is 8.49. The van der Waals surface area contributed by atoms with E-state index >= 15 is 0 Å². The average molecular weight is 611 g/mol. The van der Waals surface area contributed by atoms with Crippen molar-refractivity contribution in [3.8, 4) is 5.75 Å². The molecule has 5 aromatic rings. The van der Waals surface area contributed by atoms with Gasteiger partial charge in [0.25, 0.3) is 11.1 Å². The van der Waals surface area contributed by atoms with E-state index in [4.69, 9.17) is 14.7 Å². The molecule has 0 radical (unpaired) electrons. The molecular formula is C34H42N8O3. The molecule has 0 atom stereocenters. The van der Waals surface area contributed by atoms with Gasteiger partial charge in [0.1, 0.15) is 28.2 Å². The van der Waals surface area contributed by atoms with Crippen molar-refractivity contribution in [3.05, 3.63) is 74.6 Å². The van der Waals surface area contributed by atoms with E-state index in [-0.39, 0.29) is 11.1 Å². The van der Waals surface area contributed by atoms with Crippen LogP contribution in [0.5, 0.6) is 5.75 Å². The van der Waals surface area contributed by atoms with Crippen molar-refractivity contribution in [2.24, 2.45) is 5.92 Å². The first-order valence-corrected chi connectivity index (χ1v) is 16.6. The summed E-state index contributed by atoms with van der Waals surface area (Å²) in [4.78, 5) is 39.9. The fraction of sp³-hybridized carbons (Fsp3) is 0.529. The van der Waals surface area contributed by atoms with Crippen molar-refractivity contribution in [3.63, 3.8) is 0 Å². The molecule has 3 aliphatic rings. The lowest BCUT2D eigenvalue weighted by atomic mass is 9.83. The fourth-order valence-corrected chi connectivity index (χ4v) is 7.15. The van der Waals surface area contributed by atoms with Crippen LogP contribution in [0, 0.1) is 5.92 Å². The molecule has 11 heteroatoms. The minimum atomic E-state index is -0.128. The number of ether oxygens (including phenoxy) is 1. The number of H-pyrrole nitrogens is 2. The molecule has 3 saturated carbocycles. The number of nitrogens with one attached hydrogen (secondary N) is 2. The molecule has 0 spiro atoms. The highest BCUT2D eigenvalue weighted by Gasteiger charge is 2.24. The molecule has 2 N–H and O–H groups in total. The molecule has 0 amide bonds. The maximum absolute atomic E-state index is 12.5. The van der Waals surface area contributed by atoms with Crippen LogP contribution in [0.3, 0.4) is 0 Å². The van der Waals surface area contributed by atoms with Gasteiger partial charge in [-0.3, -0.25) is 9.59 Å². The van der Waals surface area contributed by atoms with Gasteiger partial charge in [-0.1, -0.05) is 69.6 Å². The maximum atomic E-state index is 12.5. The monoisotopic (exact) mass is 610 g/mol. The van der Waals surface area contributed by atoms with Crippen LogP contribution < -0.4 is 15.9 Å². The third kappa shape index (κ3) is 6.17. The molecule has 0 bridgehead atoms. The number of rotatable bonds is 7. The van der Waals surface area contributed by atoms with Crippen molar-refractivity contribution >= 4 is 22.1 Å². The van der Waals surface area contributed by atoms with Gasteiger partial charge in [0.15, 0.2) is 11.3 Å². The van der Waals surface area contributed by atoms with Gasteiger partial charge in [-0.15, -0.1) is 0 Å². The van der Waals surface area contributed by atoms with Gasteiger partial charge in [-0.25, -0.2) is 19.3 Å². The third-order valence-electron chi connectivity index (χ3n) is 9.87. The summed E-state index contributed by atoms with van der Waals surface area (Å²) in [6.07, 6.45) is 19.3. The van der Waals surface area contributed by atoms with Crippen LogP contribution in [0.25, 0.3) is 22.1 Å². The van der Waals surface area contributed by atoms with Crippen LogP contribution in [-0.2, 0) is 12.8 Å². The SMILES string of the molecule is COc1ccccc1Cc1nc2c(cnn2C2CCCCC2)c(=O)[nH]1.O=c1[nH]c(CC2CCC2)nc2c1cnn2C1CCCC1. The first-order valence-electron chi connectivity index (χ1n) is 16.6. The van der Waals surface area contributed by atoms with E-state index < -0.39 is 0 Å². The highest BCUT2D eigenvalue weighted by Crippen LogP contribution is 2.32.